The molecule has 0 N–H and O–H groups in total. The van der Waals surface area contributed by atoms with Crippen molar-refractivity contribution in [1.29, 1.82) is 0 Å². The summed E-state index contributed by atoms with van der Waals surface area (Å²) < 4.78 is 4.91. The average molecular weight is 427 g/mol. The molecule has 1 aliphatic heterocycles. The third-order valence-electron chi connectivity index (χ3n) is 5.82. The minimum absolute atomic E-state index is 0.250. The number of ether oxygens (including phenoxy) is 1. The summed E-state index contributed by atoms with van der Waals surface area (Å²) in [5, 5.41) is 0. The van der Waals surface area contributed by atoms with Crippen LogP contribution in [-0.4, -0.2) is 50.4 Å². The van der Waals surface area contributed by atoms with Crippen LogP contribution in [-0.2, 0) is 11.3 Å². The van der Waals surface area contributed by atoms with Crippen LogP contribution in [0.3, 0.4) is 0 Å². The maximum absolute atomic E-state index is 11.9. The van der Waals surface area contributed by atoms with E-state index in [2.05, 4.69) is 48.0 Å². The molecule has 0 unspecified atom stereocenters. The van der Waals surface area contributed by atoms with Crippen molar-refractivity contribution in [2.24, 2.45) is 5.92 Å². The van der Waals surface area contributed by atoms with Gasteiger partial charge >= 0.3 is 5.97 Å². The third-order valence-corrected chi connectivity index (χ3v) is 7.12. The van der Waals surface area contributed by atoms with E-state index in [1.54, 1.807) is 11.8 Å². The molecule has 4 nitrogen and oxygen atoms in total. The van der Waals surface area contributed by atoms with Crippen LogP contribution in [0.1, 0.15) is 42.1 Å². The van der Waals surface area contributed by atoms with Gasteiger partial charge < -0.3 is 9.64 Å². The fraction of sp³-hybridized carbons (Fsp3) is 0.480. The Morgan fingerprint density at radius 2 is 1.83 bits per heavy atom. The number of piperidine rings is 1. The Kier molecular flexibility index (Phi) is 8.64. The molecule has 0 aromatic heterocycles. The molecule has 0 spiro atoms. The summed E-state index contributed by atoms with van der Waals surface area (Å²) in [4.78, 5) is 17.9. The van der Waals surface area contributed by atoms with Gasteiger partial charge in [0, 0.05) is 36.5 Å². The highest BCUT2D eigenvalue weighted by Gasteiger charge is 2.20. The monoisotopic (exact) mass is 426 g/mol. The molecule has 162 valence electrons. The number of methoxy groups -OCH3 is 1. The van der Waals surface area contributed by atoms with Crippen LogP contribution in [0, 0.1) is 5.92 Å². The molecule has 1 saturated heterocycles. The molecule has 1 heterocycles. The number of hydrogen-bond donors (Lipinski definition) is 0. The number of hydrogen-bond acceptors (Lipinski definition) is 5. The summed E-state index contributed by atoms with van der Waals surface area (Å²) in [6.07, 6.45) is 3.59. The summed E-state index contributed by atoms with van der Waals surface area (Å²) in [6, 6.07) is 16.8. The smallest absolute Gasteiger partial charge is 0.338 e. The van der Waals surface area contributed by atoms with E-state index in [1.165, 1.54) is 37.6 Å². The van der Waals surface area contributed by atoms with Gasteiger partial charge in [0.2, 0.25) is 0 Å². The second-order valence-electron chi connectivity index (χ2n) is 8.11. The van der Waals surface area contributed by atoms with Crippen molar-refractivity contribution in [3.63, 3.8) is 0 Å². The first-order valence-corrected chi connectivity index (χ1v) is 11.9. The van der Waals surface area contributed by atoms with E-state index in [1.807, 2.05) is 24.3 Å². The largest absolute Gasteiger partial charge is 0.465 e. The van der Waals surface area contributed by atoms with E-state index in [0.717, 1.165) is 36.8 Å². The zero-order valence-electron chi connectivity index (χ0n) is 18.5. The molecule has 3 rings (SSSR count). The maximum atomic E-state index is 11.9. The first-order valence-electron chi connectivity index (χ1n) is 10.9. The highest BCUT2D eigenvalue weighted by atomic mass is 32.2. The minimum atomic E-state index is -0.250. The van der Waals surface area contributed by atoms with Gasteiger partial charge in [0.25, 0.3) is 0 Å². The number of esters is 1. The van der Waals surface area contributed by atoms with Crippen molar-refractivity contribution < 1.29 is 9.53 Å². The van der Waals surface area contributed by atoms with E-state index in [0.29, 0.717) is 11.5 Å². The van der Waals surface area contributed by atoms with Crippen LogP contribution < -0.4 is 4.90 Å². The Morgan fingerprint density at radius 1 is 1.13 bits per heavy atom. The molecule has 30 heavy (non-hydrogen) atoms. The van der Waals surface area contributed by atoms with Gasteiger partial charge in [-0.25, -0.2) is 4.79 Å². The van der Waals surface area contributed by atoms with Gasteiger partial charge in [-0.1, -0.05) is 31.2 Å². The molecule has 0 amide bonds. The lowest BCUT2D eigenvalue weighted by Gasteiger charge is -2.32. The average Bonchev–Trinajstić information content (AvgIpc) is 2.79. The Balaban J connectivity index is 1.45. The fourth-order valence-electron chi connectivity index (χ4n) is 3.97. The standard InChI is InChI=1S/C25H34N2O2S/c1-4-15-26(2)22-11-9-20(10-12-22)18-27-16-13-21(14-17-27)19-30-24-8-6-5-7-23(24)25(28)29-3/h5-12,21H,4,13-19H2,1-3H3. The molecular weight excluding hydrogens is 392 g/mol. The quantitative estimate of drug-likeness (QED) is 0.400. The number of carbonyl (C=O) groups is 1. The zero-order valence-corrected chi connectivity index (χ0v) is 19.3. The Hall–Kier alpha value is -1.98. The number of rotatable bonds is 9. The van der Waals surface area contributed by atoms with Crippen LogP contribution in [0.25, 0.3) is 0 Å². The highest BCUT2D eigenvalue weighted by Crippen LogP contribution is 2.29. The predicted octanol–water partition coefficient (Wildman–Crippen LogP) is 5.32. The zero-order chi connectivity index (χ0) is 21.3. The van der Waals surface area contributed by atoms with E-state index >= 15 is 0 Å². The van der Waals surface area contributed by atoms with Crippen molar-refractivity contribution in [2.75, 3.05) is 44.4 Å². The van der Waals surface area contributed by atoms with Crippen molar-refractivity contribution in [3.8, 4) is 0 Å². The van der Waals surface area contributed by atoms with Crippen molar-refractivity contribution >= 4 is 23.4 Å². The second-order valence-corrected chi connectivity index (χ2v) is 9.17. The number of thioether (sulfide) groups is 1. The Bertz CT molecular complexity index is 801. The lowest BCUT2D eigenvalue weighted by molar-refractivity contribution is 0.0597. The van der Waals surface area contributed by atoms with Gasteiger partial charge in [0.1, 0.15) is 0 Å². The summed E-state index contributed by atoms with van der Waals surface area (Å²) in [7, 11) is 3.60. The van der Waals surface area contributed by atoms with Gasteiger partial charge in [0.15, 0.2) is 0 Å². The van der Waals surface area contributed by atoms with Crippen LogP contribution in [0.2, 0.25) is 0 Å². The molecule has 0 saturated carbocycles. The first-order chi connectivity index (χ1) is 14.6. The molecule has 0 bridgehead atoms. The molecule has 1 fully saturated rings. The summed E-state index contributed by atoms with van der Waals surface area (Å²) in [5.74, 6) is 1.50. The maximum Gasteiger partial charge on any atom is 0.338 e. The van der Waals surface area contributed by atoms with E-state index in [9.17, 15) is 4.79 Å². The van der Waals surface area contributed by atoms with Crippen molar-refractivity contribution in [3.05, 3.63) is 59.7 Å². The SMILES string of the molecule is CCCN(C)c1ccc(CN2CCC(CSc3ccccc3C(=O)OC)CC2)cc1. The number of benzene rings is 2. The molecule has 5 heteroatoms. The van der Waals surface area contributed by atoms with Crippen LogP contribution in [0.15, 0.2) is 53.4 Å². The number of nitrogens with zero attached hydrogens (tertiary/aromatic N) is 2. The molecule has 0 radical (unpaired) electrons. The number of likely N-dealkylation sites (tertiary alicyclic amines) is 1. The first kappa shape index (κ1) is 22.7. The molecule has 1 aliphatic rings. The number of carbonyl (C=O) groups excluding carboxylic acids is 1. The van der Waals surface area contributed by atoms with Gasteiger partial charge in [-0.3, -0.25) is 4.90 Å². The minimum Gasteiger partial charge on any atom is -0.465 e. The summed E-state index contributed by atoms with van der Waals surface area (Å²) in [5.41, 5.74) is 3.36. The molecular formula is C25H34N2O2S. The number of anilines is 1. The van der Waals surface area contributed by atoms with Crippen molar-refractivity contribution in [1.82, 2.24) is 4.90 Å². The van der Waals surface area contributed by atoms with Gasteiger partial charge in [-0.2, -0.15) is 0 Å². The van der Waals surface area contributed by atoms with Crippen LogP contribution >= 0.6 is 11.8 Å². The molecule has 2 aromatic rings. The van der Waals surface area contributed by atoms with Crippen LogP contribution in [0.4, 0.5) is 5.69 Å². The summed E-state index contributed by atoms with van der Waals surface area (Å²) in [6.45, 7) is 6.62. The normalized spacial score (nSPS) is 15.2. The Labute approximate surface area is 185 Å². The second kappa shape index (κ2) is 11.4. The predicted molar refractivity (Wildman–Crippen MR) is 127 cm³/mol. The van der Waals surface area contributed by atoms with E-state index in [4.69, 9.17) is 4.74 Å². The lowest BCUT2D eigenvalue weighted by atomic mass is 9.98. The molecule has 0 aliphatic carbocycles. The van der Waals surface area contributed by atoms with E-state index < -0.39 is 0 Å². The van der Waals surface area contributed by atoms with Gasteiger partial charge in [-0.15, -0.1) is 11.8 Å². The topological polar surface area (TPSA) is 32.8 Å². The van der Waals surface area contributed by atoms with E-state index in [-0.39, 0.29) is 5.97 Å². The van der Waals surface area contributed by atoms with Crippen molar-refractivity contribution in [2.45, 2.75) is 37.6 Å². The van der Waals surface area contributed by atoms with Crippen LogP contribution in [0.5, 0.6) is 0 Å². The van der Waals surface area contributed by atoms with Gasteiger partial charge in [-0.05, 0) is 68.1 Å². The summed E-state index contributed by atoms with van der Waals surface area (Å²) >= 11 is 1.79. The highest BCUT2D eigenvalue weighted by molar-refractivity contribution is 7.99. The van der Waals surface area contributed by atoms with Gasteiger partial charge in [0.05, 0.1) is 12.7 Å². The third kappa shape index (κ3) is 6.26. The fourth-order valence-corrected chi connectivity index (χ4v) is 5.20. The lowest BCUT2D eigenvalue weighted by Crippen LogP contribution is -2.33. The molecule has 2 aromatic carbocycles. The Morgan fingerprint density at radius 3 is 2.50 bits per heavy atom. The molecule has 0 atom stereocenters.